The van der Waals surface area contributed by atoms with Crippen molar-refractivity contribution in [3.8, 4) is 11.5 Å². The summed E-state index contributed by atoms with van der Waals surface area (Å²) in [6.45, 7) is 14.7. The Kier molecular flexibility index (Phi) is 6.39. The molecule has 6 rings (SSSR count). The number of H-pyrrole nitrogens is 1. The zero-order chi connectivity index (χ0) is 27.3. The first-order valence-corrected chi connectivity index (χ1v) is 13.5. The molecule has 0 amide bonds. The van der Waals surface area contributed by atoms with Crippen LogP contribution in [0, 0.1) is 13.8 Å². The maximum absolute atomic E-state index is 13.6. The lowest BCUT2D eigenvalue weighted by atomic mass is 9.99. The van der Waals surface area contributed by atoms with Crippen molar-refractivity contribution in [2.45, 2.75) is 52.7 Å². The molecule has 0 aliphatic carbocycles. The number of aryl methyl sites for hydroxylation is 2. The number of fused-ring (bicyclic) bond motifs is 2. The van der Waals surface area contributed by atoms with Gasteiger partial charge in [0.1, 0.15) is 6.04 Å². The highest BCUT2D eigenvalue weighted by Crippen LogP contribution is 2.34. The van der Waals surface area contributed by atoms with Crippen LogP contribution in [0.1, 0.15) is 54.9 Å². The zero-order valence-electron chi connectivity index (χ0n) is 23.2. The predicted molar refractivity (Wildman–Crippen MR) is 148 cm³/mol. The van der Waals surface area contributed by atoms with E-state index in [0.29, 0.717) is 11.4 Å². The maximum atomic E-state index is 13.6. The summed E-state index contributed by atoms with van der Waals surface area (Å²) in [5.41, 5.74) is 4.50. The smallest absolute Gasteiger partial charge is 0.253 e. The number of tetrazole rings is 1. The van der Waals surface area contributed by atoms with Crippen molar-refractivity contribution < 1.29 is 9.47 Å². The van der Waals surface area contributed by atoms with Gasteiger partial charge in [0.15, 0.2) is 17.3 Å². The highest BCUT2D eigenvalue weighted by atomic mass is 16.7. The van der Waals surface area contributed by atoms with E-state index in [9.17, 15) is 4.79 Å². The minimum atomic E-state index is -0.374. The van der Waals surface area contributed by atoms with Gasteiger partial charge in [-0.2, -0.15) is 0 Å². The van der Waals surface area contributed by atoms with Crippen LogP contribution in [-0.2, 0) is 12.1 Å². The Morgan fingerprint density at radius 2 is 1.77 bits per heavy atom. The van der Waals surface area contributed by atoms with Crippen LogP contribution < -0.4 is 15.0 Å². The summed E-state index contributed by atoms with van der Waals surface area (Å²) < 4.78 is 12.9. The first-order chi connectivity index (χ1) is 18.7. The number of aromatic nitrogens is 5. The summed E-state index contributed by atoms with van der Waals surface area (Å²) in [7, 11) is 0. The van der Waals surface area contributed by atoms with Gasteiger partial charge in [0.05, 0.1) is 11.1 Å². The van der Waals surface area contributed by atoms with Crippen LogP contribution in [0.15, 0.2) is 41.2 Å². The van der Waals surface area contributed by atoms with Gasteiger partial charge in [0, 0.05) is 38.3 Å². The fraction of sp³-hybridized carbons (Fsp3) is 0.448. The molecule has 0 unspecified atom stereocenters. The van der Waals surface area contributed by atoms with Gasteiger partial charge in [-0.25, -0.2) is 4.68 Å². The average Bonchev–Trinajstić information content (AvgIpc) is 3.56. The van der Waals surface area contributed by atoms with Crippen molar-refractivity contribution >= 4 is 10.9 Å². The second kappa shape index (κ2) is 9.77. The summed E-state index contributed by atoms with van der Waals surface area (Å²) in [4.78, 5) is 21.5. The minimum Gasteiger partial charge on any atom is -0.454 e. The van der Waals surface area contributed by atoms with E-state index < -0.39 is 0 Å². The molecule has 2 aromatic carbocycles. The quantitative estimate of drug-likeness (QED) is 0.419. The summed E-state index contributed by atoms with van der Waals surface area (Å²) in [5, 5.41) is 13.9. The Balaban J connectivity index is 1.32. The van der Waals surface area contributed by atoms with E-state index in [1.165, 1.54) is 5.56 Å². The van der Waals surface area contributed by atoms with E-state index >= 15 is 0 Å². The normalized spacial score (nSPS) is 17.2. The lowest BCUT2D eigenvalue weighted by Gasteiger charge is -2.39. The number of hydrogen-bond acceptors (Lipinski definition) is 8. The number of benzene rings is 2. The second-order valence-electron chi connectivity index (χ2n) is 11.6. The van der Waals surface area contributed by atoms with Crippen LogP contribution in [0.3, 0.4) is 0 Å². The molecular formula is C29H35N7O3. The molecule has 39 heavy (non-hydrogen) atoms. The first-order valence-electron chi connectivity index (χ1n) is 13.5. The Hall–Kier alpha value is -3.76. The van der Waals surface area contributed by atoms with Crippen LogP contribution in [0.5, 0.6) is 11.5 Å². The SMILES string of the molecule is Cc1cc(C)c2[nH]c(=O)c([C@H](c3nnnn3C(C)(C)C)N3CCN(Cc4ccc5c(c4)OCO5)CC3)cc2c1. The number of nitrogens with one attached hydrogen (secondary N) is 1. The maximum Gasteiger partial charge on any atom is 0.253 e. The Morgan fingerprint density at radius 3 is 2.54 bits per heavy atom. The number of piperazine rings is 1. The van der Waals surface area contributed by atoms with E-state index in [-0.39, 0.29) is 23.9 Å². The topological polar surface area (TPSA) is 101 Å². The van der Waals surface area contributed by atoms with Gasteiger partial charge in [-0.15, -0.1) is 5.10 Å². The number of nitrogens with zero attached hydrogens (tertiary/aromatic N) is 6. The lowest BCUT2D eigenvalue weighted by molar-refractivity contribution is 0.0975. The molecule has 2 aliphatic rings. The lowest BCUT2D eigenvalue weighted by Crippen LogP contribution is -2.49. The summed E-state index contributed by atoms with van der Waals surface area (Å²) >= 11 is 0. The van der Waals surface area contributed by atoms with Crippen molar-refractivity contribution in [3.05, 3.63) is 74.8 Å². The van der Waals surface area contributed by atoms with Gasteiger partial charge in [-0.3, -0.25) is 14.6 Å². The Labute approximate surface area is 227 Å². The van der Waals surface area contributed by atoms with Crippen LogP contribution >= 0.6 is 0 Å². The molecular weight excluding hydrogens is 494 g/mol. The van der Waals surface area contributed by atoms with E-state index in [4.69, 9.17) is 9.47 Å². The third kappa shape index (κ3) is 4.90. The second-order valence-corrected chi connectivity index (χ2v) is 11.6. The van der Waals surface area contributed by atoms with Crippen LogP contribution in [-0.4, -0.2) is 68.0 Å². The van der Waals surface area contributed by atoms with E-state index in [1.54, 1.807) is 0 Å². The molecule has 4 aromatic rings. The Morgan fingerprint density at radius 1 is 1.00 bits per heavy atom. The van der Waals surface area contributed by atoms with E-state index in [2.05, 4.69) is 82.3 Å². The molecule has 10 heteroatoms. The summed E-state index contributed by atoms with van der Waals surface area (Å²) in [6, 6.07) is 12.0. The molecule has 2 aliphatic heterocycles. The highest BCUT2D eigenvalue weighted by Gasteiger charge is 2.35. The largest absolute Gasteiger partial charge is 0.454 e. The predicted octanol–water partition coefficient (Wildman–Crippen LogP) is 3.52. The Bertz CT molecular complexity index is 1580. The third-order valence-corrected chi connectivity index (χ3v) is 7.61. The highest BCUT2D eigenvalue weighted by molar-refractivity contribution is 5.83. The molecule has 0 bridgehead atoms. The standard InChI is InChI=1S/C29H35N7O3/c1-18-12-19(2)25-21(13-18)15-22(28(37)30-25)26(27-31-32-33-36(27)29(3,4)5)35-10-8-34(9-11-35)16-20-6-7-23-24(14-20)39-17-38-23/h6-7,12-15,26H,8-11,16-17H2,1-5H3,(H,30,37)/t26-/m1/s1. The van der Waals surface area contributed by atoms with Gasteiger partial charge in [-0.05, 0) is 85.8 Å². The van der Waals surface area contributed by atoms with E-state index in [1.807, 2.05) is 23.7 Å². The molecule has 0 saturated carbocycles. The molecule has 2 aromatic heterocycles. The number of rotatable bonds is 5. The summed E-state index contributed by atoms with van der Waals surface area (Å²) in [6.07, 6.45) is 0. The van der Waals surface area contributed by atoms with Crippen molar-refractivity contribution in [1.29, 1.82) is 0 Å². The van der Waals surface area contributed by atoms with Crippen molar-refractivity contribution in [1.82, 2.24) is 35.0 Å². The fourth-order valence-corrected chi connectivity index (χ4v) is 5.73. The number of aromatic amines is 1. The molecule has 1 N–H and O–H groups in total. The molecule has 0 radical (unpaired) electrons. The molecule has 1 fully saturated rings. The van der Waals surface area contributed by atoms with Crippen molar-refractivity contribution in [2.75, 3.05) is 33.0 Å². The van der Waals surface area contributed by atoms with Gasteiger partial charge >= 0.3 is 0 Å². The average molecular weight is 530 g/mol. The van der Waals surface area contributed by atoms with Crippen LogP contribution in [0.25, 0.3) is 10.9 Å². The number of hydrogen-bond donors (Lipinski definition) is 1. The third-order valence-electron chi connectivity index (χ3n) is 7.61. The van der Waals surface area contributed by atoms with Gasteiger partial charge in [0.2, 0.25) is 6.79 Å². The molecule has 204 valence electrons. The van der Waals surface area contributed by atoms with Crippen LogP contribution in [0.2, 0.25) is 0 Å². The van der Waals surface area contributed by atoms with E-state index in [0.717, 1.165) is 66.3 Å². The fourth-order valence-electron chi connectivity index (χ4n) is 5.73. The van der Waals surface area contributed by atoms with Gasteiger partial charge < -0.3 is 14.5 Å². The van der Waals surface area contributed by atoms with Crippen molar-refractivity contribution in [3.63, 3.8) is 0 Å². The minimum absolute atomic E-state index is 0.106. The molecule has 10 nitrogen and oxygen atoms in total. The summed E-state index contributed by atoms with van der Waals surface area (Å²) in [5.74, 6) is 2.29. The zero-order valence-corrected chi connectivity index (χ0v) is 23.2. The molecule has 1 atom stereocenters. The number of ether oxygens (including phenoxy) is 2. The first kappa shape index (κ1) is 25.5. The molecule has 4 heterocycles. The van der Waals surface area contributed by atoms with Gasteiger partial charge in [-0.1, -0.05) is 17.7 Å². The van der Waals surface area contributed by atoms with Gasteiger partial charge in [0.25, 0.3) is 5.56 Å². The molecule has 0 spiro atoms. The van der Waals surface area contributed by atoms with Crippen molar-refractivity contribution in [2.24, 2.45) is 0 Å². The molecule has 1 saturated heterocycles. The monoisotopic (exact) mass is 529 g/mol. The number of pyridine rings is 1. The van der Waals surface area contributed by atoms with Crippen LogP contribution in [0.4, 0.5) is 0 Å².